The van der Waals surface area contributed by atoms with Crippen LogP contribution in [0, 0.1) is 12.8 Å². The number of aliphatic hydroxyl groups excluding tert-OH is 1. The van der Waals surface area contributed by atoms with Crippen LogP contribution in [0.15, 0.2) is 29.6 Å². The van der Waals surface area contributed by atoms with Crippen molar-refractivity contribution in [2.75, 3.05) is 13.1 Å². The van der Waals surface area contributed by atoms with Gasteiger partial charge < -0.3 is 5.11 Å². The van der Waals surface area contributed by atoms with Crippen LogP contribution in [0.4, 0.5) is 0 Å². The van der Waals surface area contributed by atoms with Crippen LogP contribution >= 0.6 is 11.3 Å². The Morgan fingerprint density at radius 3 is 2.59 bits per heavy atom. The van der Waals surface area contributed by atoms with Crippen molar-refractivity contribution in [1.82, 2.24) is 9.88 Å². The molecule has 1 aliphatic heterocycles. The number of piperidine rings is 1. The molecule has 1 aromatic carbocycles. The minimum absolute atomic E-state index is 0.172. The second-order valence-electron chi connectivity index (χ2n) is 6.36. The molecule has 1 fully saturated rings. The fraction of sp³-hybridized carbons (Fsp3) is 0.500. The number of likely N-dealkylation sites (tertiary alicyclic amines) is 1. The largest absolute Gasteiger partial charge is 0.393 e. The van der Waals surface area contributed by atoms with E-state index in [2.05, 4.69) is 41.5 Å². The molecule has 0 aliphatic carbocycles. The molecule has 0 amide bonds. The van der Waals surface area contributed by atoms with Gasteiger partial charge in [-0.15, -0.1) is 11.3 Å². The lowest BCUT2D eigenvalue weighted by molar-refractivity contribution is 0.0692. The third-order valence-corrected chi connectivity index (χ3v) is 5.49. The van der Waals surface area contributed by atoms with Gasteiger partial charge in [0, 0.05) is 17.5 Å². The van der Waals surface area contributed by atoms with Crippen LogP contribution in [0.25, 0.3) is 10.6 Å². The van der Waals surface area contributed by atoms with E-state index in [-0.39, 0.29) is 6.10 Å². The Balaban J connectivity index is 1.59. The number of aryl methyl sites for hydroxylation is 1. The number of hydrogen-bond donors (Lipinski definition) is 1. The molecule has 1 N–H and O–H groups in total. The van der Waals surface area contributed by atoms with Crippen molar-refractivity contribution in [3.05, 3.63) is 40.9 Å². The van der Waals surface area contributed by atoms with Crippen molar-refractivity contribution in [3.63, 3.8) is 0 Å². The van der Waals surface area contributed by atoms with Crippen LogP contribution in [0.5, 0.6) is 0 Å². The topological polar surface area (TPSA) is 36.4 Å². The number of nitrogens with zero attached hydrogens (tertiary/aromatic N) is 2. The van der Waals surface area contributed by atoms with Gasteiger partial charge in [0.2, 0.25) is 0 Å². The van der Waals surface area contributed by atoms with Crippen LogP contribution < -0.4 is 0 Å². The molecule has 2 aromatic rings. The van der Waals surface area contributed by atoms with Crippen LogP contribution in [0.3, 0.4) is 0 Å². The lowest BCUT2D eigenvalue weighted by Gasteiger charge is -2.32. The molecular formula is C18H24N2OS. The molecule has 1 aromatic heterocycles. The number of aromatic nitrogens is 1. The molecule has 118 valence electrons. The second kappa shape index (κ2) is 6.90. The van der Waals surface area contributed by atoms with E-state index < -0.39 is 0 Å². The van der Waals surface area contributed by atoms with Crippen LogP contribution in [-0.4, -0.2) is 34.2 Å². The molecule has 3 rings (SSSR count). The van der Waals surface area contributed by atoms with Crippen molar-refractivity contribution >= 4 is 11.3 Å². The summed E-state index contributed by atoms with van der Waals surface area (Å²) in [4.78, 5) is 7.24. The fourth-order valence-corrected chi connectivity index (χ4v) is 3.85. The lowest BCUT2D eigenvalue weighted by atomic mass is 9.92. The van der Waals surface area contributed by atoms with Gasteiger partial charge >= 0.3 is 0 Å². The molecule has 0 bridgehead atoms. The Bertz CT molecular complexity index is 598. The highest BCUT2D eigenvalue weighted by molar-refractivity contribution is 7.13. The van der Waals surface area contributed by atoms with Crippen molar-refractivity contribution in [2.24, 2.45) is 5.92 Å². The van der Waals surface area contributed by atoms with Gasteiger partial charge in [-0.1, -0.05) is 29.8 Å². The smallest absolute Gasteiger partial charge is 0.123 e. The standard InChI is InChI=1S/C18H24N2OS/c1-13-3-5-16(6-4-13)18-19-17(12-22-18)11-20-9-7-15(8-10-20)14(2)21/h3-6,12,14-15,21H,7-11H2,1-2H3. The quantitative estimate of drug-likeness (QED) is 0.934. The molecular weight excluding hydrogens is 292 g/mol. The minimum Gasteiger partial charge on any atom is -0.393 e. The summed E-state index contributed by atoms with van der Waals surface area (Å²) in [7, 11) is 0. The molecule has 1 atom stereocenters. The summed E-state index contributed by atoms with van der Waals surface area (Å²) in [5, 5.41) is 13.0. The highest BCUT2D eigenvalue weighted by Crippen LogP contribution is 2.26. The Kier molecular flexibility index (Phi) is 4.91. The highest BCUT2D eigenvalue weighted by Gasteiger charge is 2.23. The van der Waals surface area contributed by atoms with Gasteiger partial charge in [-0.25, -0.2) is 4.98 Å². The average Bonchev–Trinajstić information content (AvgIpc) is 2.97. The molecule has 3 nitrogen and oxygen atoms in total. The summed E-state index contributed by atoms with van der Waals surface area (Å²) in [6, 6.07) is 8.56. The first-order valence-corrected chi connectivity index (χ1v) is 8.91. The maximum absolute atomic E-state index is 9.67. The number of thiazole rings is 1. The zero-order chi connectivity index (χ0) is 15.5. The lowest BCUT2D eigenvalue weighted by Crippen LogP contribution is -2.36. The van der Waals surface area contributed by atoms with Gasteiger partial charge in [0.25, 0.3) is 0 Å². The number of benzene rings is 1. The maximum atomic E-state index is 9.67. The molecule has 0 spiro atoms. The van der Waals surface area contributed by atoms with Crippen LogP contribution in [0.2, 0.25) is 0 Å². The summed E-state index contributed by atoms with van der Waals surface area (Å²) in [5.74, 6) is 0.467. The normalized spacial score (nSPS) is 18.5. The van der Waals surface area contributed by atoms with E-state index in [1.54, 1.807) is 11.3 Å². The zero-order valence-corrected chi connectivity index (χ0v) is 14.1. The van der Waals surface area contributed by atoms with Gasteiger partial charge in [0.05, 0.1) is 11.8 Å². The molecule has 1 unspecified atom stereocenters. The highest BCUT2D eigenvalue weighted by atomic mass is 32.1. The van der Waals surface area contributed by atoms with E-state index in [1.807, 2.05) is 6.92 Å². The number of aliphatic hydroxyl groups is 1. The molecule has 0 radical (unpaired) electrons. The average molecular weight is 316 g/mol. The summed E-state index contributed by atoms with van der Waals surface area (Å²) in [5.41, 5.74) is 3.65. The zero-order valence-electron chi connectivity index (χ0n) is 13.3. The van der Waals surface area contributed by atoms with Crippen LogP contribution in [0.1, 0.15) is 31.0 Å². The van der Waals surface area contributed by atoms with Gasteiger partial charge in [-0.05, 0) is 45.7 Å². The van der Waals surface area contributed by atoms with Crippen molar-refractivity contribution < 1.29 is 5.11 Å². The van der Waals surface area contributed by atoms with Crippen molar-refractivity contribution in [2.45, 2.75) is 39.3 Å². The first kappa shape index (κ1) is 15.7. The van der Waals surface area contributed by atoms with E-state index in [0.717, 1.165) is 43.2 Å². The van der Waals surface area contributed by atoms with Gasteiger partial charge in [-0.2, -0.15) is 0 Å². The SMILES string of the molecule is Cc1ccc(-c2nc(CN3CCC(C(C)O)CC3)cs2)cc1. The Labute approximate surface area is 136 Å². The third-order valence-electron chi connectivity index (χ3n) is 4.55. The van der Waals surface area contributed by atoms with Crippen molar-refractivity contribution in [3.8, 4) is 10.6 Å². The molecule has 22 heavy (non-hydrogen) atoms. The summed E-state index contributed by atoms with van der Waals surface area (Å²) in [6.07, 6.45) is 2.01. The molecule has 1 aliphatic rings. The maximum Gasteiger partial charge on any atom is 0.123 e. The van der Waals surface area contributed by atoms with Gasteiger partial charge in [0.15, 0.2) is 0 Å². The number of hydrogen-bond acceptors (Lipinski definition) is 4. The monoisotopic (exact) mass is 316 g/mol. The Hall–Kier alpha value is -1.23. The summed E-state index contributed by atoms with van der Waals surface area (Å²) < 4.78 is 0. The minimum atomic E-state index is -0.172. The first-order chi connectivity index (χ1) is 10.6. The van der Waals surface area contributed by atoms with E-state index in [1.165, 1.54) is 11.1 Å². The summed E-state index contributed by atoms with van der Waals surface area (Å²) >= 11 is 1.72. The first-order valence-electron chi connectivity index (χ1n) is 8.03. The molecule has 2 heterocycles. The van der Waals surface area contributed by atoms with Crippen LogP contribution in [-0.2, 0) is 6.54 Å². The predicted octanol–water partition coefficient (Wildman–Crippen LogP) is 3.71. The fourth-order valence-electron chi connectivity index (χ4n) is 3.03. The van der Waals surface area contributed by atoms with E-state index in [0.29, 0.717) is 5.92 Å². The number of rotatable bonds is 4. The van der Waals surface area contributed by atoms with Crippen molar-refractivity contribution in [1.29, 1.82) is 0 Å². The van der Waals surface area contributed by atoms with E-state index in [9.17, 15) is 5.11 Å². The van der Waals surface area contributed by atoms with Gasteiger partial charge in [0.1, 0.15) is 5.01 Å². The second-order valence-corrected chi connectivity index (χ2v) is 7.22. The summed E-state index contributed by atoms with van der Waals surface area (Å²) in [6.45, 7) is 7.07. The third kappa shape index (κ3) is 3.75. The van der Waals surface area contributed by atoms with E-state index in [4.69, 9.17) is 4.98 Å². The molecule has 4 heteroatoms. The molecule has 1 saturated heterocycles. The Morgan fingerprint density at radius 1 is 1.27 bits per heavy atom. The van der Waals surface area contributed by atoms with Gasteiger partial charge in [-0.3, -0.25) is 4.90 Å². The Morgan fingerprint density at radius 2 is 1.95 bits per heavy atom. The molecule has 0 saturated carbocycles. The van der Waals surface area contributed by atoms with E-state index >= 15 is 0 Å². The predicted molar refractivity (Wildman–Crippen MR) is 92.0 cm³/mol.